The number of hydrogen-bond acceptors (Lipinski definition) is 5. The molecule has 0 aromatic heterocycles. The molecule has 2 N–H and O–H groups in total. The van der Waals surface area contributed by atoms with E-state index in [0.717, 1.165) is 51.4 Å². The van der Waals surface area contributed by atoms with Gasteiger partial charge in [-0.15, -0.1) is 0 Å². The molecule has 4 fully saturated rings. The summed E-state index contributed by atoms with van der Waals surface area (Å²) in [5.41, 5.74) is -0.0994. The summed E-state index contributed by atoms with van der Waals surface area (Å²) in [5.74, 6) is 0.378. The van der Waals surface area contributed by atoms with E-state index in [-0.39, 0.29) is 53.6 Å². The highest BCUT2D eigenvalue weighted by atomic mass is 16.7. The zero-order valence-corrected chi connectivity index (χ0v) is 28.6. The molecule has 3 aliphatic carbocycles. The molecular formula is C35H63BN2O5. The molecule has 0 aromatic rings. The Kier molecular flexibility index (Phi) is 14.1. The summed E-state index contributed by atoms with van der Waals surface area (Å²) in [5, 5.41) is 6.21. The first-order valence-electron chi connectivity index (χ1n) is 17.8. The lowest BCUT2D eigenvalue weighted by atomic mass is 9.43. The Morgan fingerprint density at radius 1 is 0.884 bits per heavy atom. The van der Waals surface area contributed by atoms with Crippen molar-refractivity contribution in [3.63, 3.8) is 0 Å². The minimum atomic E-state index is -0.604. The summed E-state index contributed by atoms with van der Waals surface area (Å²) in [6, 6.07) is 0. The summed E-state index contributed by atoms with van der Waals surface area (Å²) < 4.78 is 13.3. The quantitative estimate of drug-likeness (QED) is 0.107. The molecule has 2 amide bonds. The average Bonchev–Trinajstić information content (AvgIpc) is 3.31. The highest BCUT2D eigenvalue weighted by Gasteiger charge is 2.68. The van der Waals surface area contributed by atoms with Gasteiger partial charge in [0, 0.05) is 25.8 Å². The first-order valence-corrected chi connectivity index (χ1v) is 17.8. The number of hydrogen-bond donors (Lipinski definition) is 2. The second-order valence-electron chi connectivity index (χ2n) is 15.2. The van der Waals surface area contributed by atoms with Crippen LogP contribution < -0.4 is 10.6 Å². The smallest absolute Gasteiger partial charge is 0.404 e. The lowest BCUT2D eigenvalue weighted by Gasteiger charge is -2.64. The van der Waals surface area contributed by atoms with Crippen molar-refractivity contribution in [3.8, 4) is 0 Å². The molecule has 4 aliphatic rings. The van der Waals surface area contributed by atoms with Crippen LogP contribution in [0.2, 0.25) is 0 Å². The van der Waals surface area contributed by atoms with Crippen LogP contribution in [0.4, 0.5) is 0 Å². The molecule has 0 unspecified atom stereocenters. The molecule has 43 heavy (non-hydrogen) atoms. The van der Waals surface area contributed by atoms with E-state index in [1.54, 1.807) is 0 Å². The minimum absolute atomic E-state index is 0.0441. The number of unbranched alkanes of at least 4 members (excludes halogenated alkanes) is 8. The molecule has 8 heteroatoms. The molecule has 1 heterocycles. The topological polar surface area (TPSA) is 93.7 Å². The Morgan fingerprint density at radius 2 is 1.51 bits per heavy atom. The van der Waals surface area contributed by atoms with Crippen LogP contribution in [-0.4, -0.2) is 48.9 Å². The van der Waals surface area contributed by atoms with Crippen molar-refractivity contribution < 1.29 is 23.7 Å². The van der Waals surface area contributed by atoms with Crippen LogP contribution in [0.25, 0.3) is 0 Å². The second kappa shape index (κ2) is 16.8. The number of carbonyl (C=O) groups is 3. The zero-order chi connectivity index (χ0) is 31.6. The summed E-state index contributed by atoms with van der Waals surface area (Å²) in [6.07, 6.45) is 15.0. The van der Waals surface area contributed by atoms with Gasteiger partial charge in [-0.3, -0.25) is 14.4 Å². The van der Waals surface area contributed by atoms with Crippen molar-refractivity contribution >= 4 is 24.7 Å². The molecule has 4 rings (SSSR count). The van der Waals surface area contributed by atoms with Crippen molar-refractivity contribution in [2.75, 3.05) is 6.54 Å². The summed E-state index contributed by atoms with van der Waals surface area (Å²) in [4.78, 5) is 39.4. The second-order valence-corrected chi connectivity index (χ2v) is 15.2. The van der Waals surface area contributed by atoms with Crippen LogP contribution in [0, 0.1) is 29.1 Å². The fourth-order valence-corrected chi connectivity index (χ4v) is 7.89. The molecule has 246 valence electrons. The molecule has 0 aromatic carbocycles. The van der Waals surface area contributed by atoms with Gasteiger partial charge in [0.05, 0.1) is 23.6 Å². The zero-order valence-electron chi connectivity index (χ0n) is 28.6. The van der Waals surface area contributed by atoms with Gasteiger partial charge >= 0.3 is 7.12 Å². The number of ketones is 1. The van der Waals surface area contributed by atoms with E-state index in [9.17, 15) is 14.4 Å². The van der Waals surface area contributed by atoms with Gasteiger partial charge in [0.25, 0.3) is 0 Å². The molecule has 3 saturated carbocycles. The Morgan fingerprint density at radius 3 is 2.16 bits per heavy atom. The highest BCUT2D eigenvalue weighted by Crippen LogP contribution is 2.65. The Balaban J connectivity index is 1.62. The Labute approximate surface area is 263 Å². The van der Waals surface area contributed by atoms with E-state index < -0.39 is 13.0 Å². The van der Waals surface area contributed by atoms with E-state index in [2.05, 4.69) is 59.1 Å². The van der Waals surface area contributed by atoms with Crippen LogP contribution in [-0.2, 0) is 23.7 Å². The maximum absolute atomic E-state index is 13.8. The third kappa shape index (κ3) is 9.79. The predicted molar refractivity (Wildman–Crippen MR) is 174 cm³/mol. The predicted octanol–water partition coefficient (Wildman–Crippen LogP) is 7.20. The summed E-state index contributed by atoms with van der Waals surface area (Å²) in [7, 11) is -0.510. The molecule has 1 aliphatic heterocycles. The summed E-state index contributed by atoms with van der Waals surface area (Å²) in [6.45, 7) is 15.7. The number of nitrogens with one attached hydrogen (secondary N) is 2. The Hall–Kier alpha value is -1.41. The van der Waals surface area contributed by atoms with E-state index in [0.29, 0.717) is 30.6 Å². The number of Topliss-reactive ketones (excluding diaryl/α,β-unsaturated/α-hetero) is 1. The summed E-state index contributed by atoms with van der Waals surface area (Å²) >= 11 is 0. The van der Waals surface area contributed by atoms with Gasteiger partial charge < -0.3 is 19.9 Å². The Bertz CT molecular complexity index is 911. The molecule has 6 atom stereocenters. The molecular weight excluding hydrogens is 539 g/mol. The van der Waals surface area contributed by atoms with Crippen LogP contribution in [0.15, 0.2) is 0 Å². The number of amides is 2. The van der Waals surface area contributed by atoms with Crippen molar-refractivity contribution in [3.05, 3.63) is 0 Å². The molecule has 2 bridgehead atoms. The van der Waals surface area contributed by atoms with Crippen LogP contribution in [0.5, 0.6) is 0 Å². The van der Waals surface area contributed by atoms with Crippen molar-refractivity contribution in [2.45, 2.75) is 169 Å². The van der Waals surface area contributed by atoms with Gasteiger partial charge in [-0.25, -0.2) is 0 Å². The normalized spacial score (nSPS) is 26.9. The average molecular weight is 603 g/mol. The number of carbonyl (C=O) groups excluding carboxylic acids is 3. The third-order valence-electron chi connectivity index (χ3n) is 10.8. The lowest BCUT2D eigenvalue weighted by Crippen LogP contribution is -2.65. The minimum Gasteiger partial charge on any atom is -0.404 e. The fourth-order valence-electron chi connectivity index (χ4n) is 7.89. The van der Waals surface area contributed by atoms with Crippen molar-refractivity contribution in [1.82, 2.24) is 10.6 Å². The SMILES string of the molecule is CCCCCCCCCC(=O)C[C@@H](CNC(=O)CCCCC)C(=O)N[C@@H](CC(C)C)B1O[C@@H]2C[C@@H]3C[C@@H](C3(C)C)[C@]2(C)O1. The molecule has 0 spiro atoms. The van der Waals surface area contributed by atoms with E-state index in [1.165, 1.54) is 32.1 Å². The van der Waals surface area contributed by atoms with Gasteiger partial charge in [-0.2, -0.15) is 0 Å². The highest BCUT2D eigenvalue weighted by molar-refractivity contribution is 6.47. The lowest BCUT2D eigenvalue weighted by molar-refractivity contribution is -0.199. The van der Waals surface area contributed by atoms with Gasteiger partial charge in [0.1, 0.15) is 5.78 Å². The molecule has 7 nitrogen and oxygen atoms in total. The van der Waals surface area contributed by atoms with E-state index in [4.69, 9.17) is 9.31 Å². The maximum Gasteiger partial charge on any atom is 0.481 e. The number of rotatable bonds is 21. The third-order valence-corrected chi connectivity index (χ3v) is 10.8. The van der Waals surface area contributed by atoms with Crippen LogP contribution >= 0.6 is 0 Å². The monoisotopic (exact) mass is 602 g/mol. The van der Waals surface area contributed by atoms with Gasteiger partial charge in [0.2, 0.25) is 11.8 Å². The standard InChI is InChI=1S/C35H63BN2O5/c1-8-10-12-13-14-15-17-18-28(39)21-26(24-37-32(40)19-16-11-9-2)33(41)38-31(20-25(3)4)36-42-30-23-27-22-29(34(27,5)6)35(30,7)43-36/h25-27,29-31H,8-24H2,1-7H3,(H,37,40)(H,38,41)/t26-,27-,29-,30+,31-,35-/m0/s1. The largest absolute Gasteiger partial charge is 0.481 e. The first-order chi connectivity index (χ1) is 20.4. The fraction of sp³-hybridized carbons (Fsp3) is 0.914. The molecule has 1 saturated heterocycles. The van der Waals surface area contributed by atoms with Crippen LogP contribution in [0.3, 0.4) is 0 Å². The van der Waals surface area contributed by atoms with Crippen molar-refractivity contribution in [1.29, 1.82) is 0 Å². The van der Waals surface area contributed by atoms with E-state index >= 15 is 0 Å². The van der Waals surface area contributed by atoms with Crippen LogP contribution in [0.1, 0.15) is 151 Å². The van der Waals surface area contributed by atoms with Gasteiger partial charge in [-0.1, -0.05) is 92.9 Å². The van der Waals surface area contributed by atoms with E-state index in [1.807, 2.05) is 0 Å². The van der Waals surface area contributed by atoms with Crippen molar-refractivity contribution in [2.24, 2.45) is 29.1 Å². The first kappa shape index (κ1) is 36.1. The molecule has 0 radical (unpaired) electrons. The maximum atomic E-state index is 13.8. The van der Waals surface area contributed by atoms with Gasteiger partial charge in [0.15, 0.2) is 0 Å². The van der Waals surface area contributed by atoms with Gasteiger partial charge in [-0.05, 0) is 62.2 Å².